The van der Waals surface area contributed by atoms with E-state index in [1.165, 1.54) is 23.1 Å². The summed E-state index contributed by atoms with van der Waals surface area (Å²) in [5, 5.41) is 14.6. The molecule has 2 heterocycles. The maximum atomic E-state index is 12.9. The smallest absolute Gasteiger partial charge is 0.410 e. The number of hydrogen-bond acceptors (Lipinski definition) is 7. The Hall–Kier alpha value is -3.53. The predicted molar refractivity (Wildman–Crippen MR) is 129 cm³/mol. The summed E-state index contributed by atoms with van der Waals surface area (Å²) >= 11 is 0. The highest BCUT2D eigenvalue weighted by Crippen LogP contribution is 2.24. The third-order valence-electron chi connectivity index (χ3n) is 5.44. The van der Waals surface area contributed by atoms with Crippen molar-refractivity contribution in [2.24, 2.45) is 0 Å². The minimum absolute atomic E-state index is 0.0327. The molecule has 1 aliphatic heterocycles. The molecule has 1 atom stereocenters. The summed E-state index contributed by atoms with van der Waals surface area (Å²) in [5.74, 6) is -0.408. The number of nitro groups is 1. The largest absolute Gasteiger partial charge is 0.444 e. The predicted octanol–water partition coefficient (Wildman–Crippen LogP) is 3.88. The van der Waals surface area contributed by atoms with Crippen molar-refractivity contribution in [2.45, 2.75) is 58.3 Å². The van der Waals surface area contributed by atoms with E-state index in [1.807, 2.05) is 12.1 Å². The average Bonchev–Trinajstić information content (AvgIpc) is 3.33. The number of ether oxygens (including phenoxy) is 2. The van der Waals surface area contributed by atoms with Crippen LogP contribution in [0.15, 0.2) is 42.6 Å². The molecule has 2 aromatic rings. The van der Waals surface area contributed by atoms with Crippen molar-refractivity contribution in [1.29, 1.82) is 0 Å². The van der Waals surface area contributed by atoms with E-state index < -0.39 is 22.5 Å². The first-order valence-electron chi connectivity index (χ1n) is 11.7. The van der Waals surface area contributed by atoms with Crippen molar-refractivity contribution >= 4 is 17.7 Å². The fraction of sp³-hybridized carbons (Fsp3) is 0.480. The number of nitro benzene ring substituents is 1. The van der Waals surface area contributed by atoms with Crippen LogP contribution in [0.2, 0.25) is 0 Å². The molecule has 1 saturated heterocycles. The third kappa shape index (κ3) is 8.03. The summed E-state index contributed by atoms with van der Waals surface area (Å²) in [4.78, 5) is 42.4. The second kappa shape index (κ2) is 11.7. The van der Waals surface area contributed by atoms with Crippen LogP contribution < -0.4 is 5.32 Å². The van der Waals surface area contributed by atoms with Gasteiger partial charge < -0.3 is 19.7 Å². The van der Waals surface area contributed by atoms with Crippen LogP contribution in [-0.2, 0) is 22.4 Å². The first kappa shape index (κ1) is 26.1. The van der Waals surface area contributed by atoms with Crippen LogP contribution in [0.3, 0.4) is 0 Å². The molecule has 0 saturated carbocycles. The monoisotopic (exact) mass is 484 g/mol. The van der Waals surface area contributed by atoms with E-state index in [0.29, 0.717) is 25.1 Å². The van der Waals surface area contributed by atoms with Crippen molar-refractivity contribution in [3.8, 4) is 0 Å². The number of nitrogens with one attached hydrogen (secondary N) is 1. The molecular formula is C25H32N4O6. The molecule has 0 spiro atoms. The molecular weight excluding hydrogens is 452 g/mol. The molecule has 2 amide bonds. The fourth-order valence-corrected chi connectivity index (χ4v) is 3.69. The van der Waals surface area contributed by atoms with Crippen molar-refractivity contribution in [3.05, 3.63) is 69.5 Å². The maximum Gasteiger partial charge on any atom is 0.410 e. The number of hydrogen-bond donors (Lipinski definition) is 1. The molecule has 188 valence electrons. The number of aromatic nitrogens is 1. The zero-order chi connectivity index (χ0) is 25.4. The number of carbonyl (C=O) groups excluding carboxylic acids is 2. The Morgan fingerprint density at radius 2 is 2.09 bits per heavy atom. The Bertz CT molecular complexity index is 1030. The van der Waals surface area contributed by atoms with Gasteiger partial charge >= 0.3 is 6.09 Å². The Morgan fingerprint density at radius 3 is 2.71 bits per heavy atom. The summed E-state index contributed by atoms with van der Waals surface area (Å²) in [6, 6.07) is 9.78. The standard InChI is InChI=1S/C25H32N4O6/c1-25(2,3)35-24(31)28(13-11-20-7-4-5-12-26-20)17-19-10-9-18(15-22(19)29(32)33)23(30)27-16-21-8-6-14-34-21/h4-5,7,9-10,12,15,21H,6,8,11,13-14,16-17H2,1-3H3,(H,27,30). The zero-order valence-corrected chi connectivity index (χ0v) is 20.4. The van der Waals surface area contributed by atoms with Gasteiger partial charge in [-0.15, -0.1) is 0 Å². The third-order valence-corrected chi connectivity index (χ3v) is 5.44. The Labute approximate surface area is 204 Å². The van der Waals surface area contributed by atoms with Crippen LogP contribution in [0.5, 0.6) is 0 Å². The molecule has 10 heteroatoms. The van der Waals surface area contributed by atoms with Gasteiger partial charge in [-0.1, -0.05) is 6.07 Å². The highest BCUT2D eigenvalue weighted by Gasteiger charge is 2.26. The van der Waals surface area contributed by atoms with Crippen molar-refractivity contribution in [3.63, 3.8) is 0 Å². The lowest BCUT2D eigenvalue weighted by Gasteiger charge is -2.27. The van der Waals surface area contributed by atoms with Gasteiger partial charge in [-0.05, 0) is 57.9 Å². The minimum atomic E-state index is -0.725. The Morgan fingerprint density at radius 1 is 1.29 bits per heavy atom. The fourth-order valence-electron chi connectivity index (χ4n) is 3.69. The molecule has 1 aromatic carbocycles. The van der Waals surface area contributed by atoms with Crippen LogP contribution in [0.25, 0.3) is 0 Å². The Balaban J connectivity index is 1.76. The van der Waals surface area contributed by atoms with Crippen molar-refractivity contribution in [1.82, 2.24) is 15.2 Å². The molecule has 1 N–H and O–H groups in total. The molecule has 3 rings (SSSR count). The van der Waals surface area contributed by atoms with Gasteiger partial charge in [0.25, 0.3) is 11.6 Å². The number of carbonyl (C=O) groups is 2. The summed E-state index contributed by atoms with van der Waals surface area (Å²) in [5.41, 5.74) is 0.306. The number of rotatable bonds is 9. The van der Waals surface area contributed by atoms with E-state index in [4.69, 9.17) is 9.47 Å². The Kier molecular flexibility index (Phi) is 8.75. The molecule has 1 aromatic heterocycles. The van der Waals surface area contributed by atoms with E-state index in [0.717, 1.165) is 18.5 Å². The lowest BCUT2D eigenvalue weighted by atomic mass is 10.1. The molecule has 10 nitrogen and oxygen atoms in total. The van der Waals surface area contributed by atoms with Gasteiger partial charge in [0.05, 0.1) is 17.6 Å². The van der Waals surface area contributed by atoms with Gasteiger partial charge in [0.2, 0.25) is 0 Å². The topological polar surface area (TPSA) is 124 Å². The molecule has 1 unspecified atom stereocenters. The first-order valence-corrected chi connectivity index (χ1v) is 11.7. The number of benzene rings is 1. The second-order valence-electron chi connectivity index (χ2n) is 9.42. The molecule has 0 radical (unpaired) electrons. The molecule has 0 bridgehead atoms. The van der Waals surface area contributed by atoms with Gasteiger partial charge in [0.1, 0.15) is 5.60 Å². The lowest BCUT2D eigenvalue weighted by molar-refractivity contribution is -0.385. The summed E-state index contributed by atoms with van der Waals surface area (Å²) in [6.07, 6.45) is 3.34. The lowest BCUT2D eigenvalue weighted by Crippen LogP contribution is -2.38. The van der Waals surface area contributed by atoms with Gasteiger partial charge in [-0.3, -0.25) is 19.9 Å². The van der Waals surface area contributed by atoms with E-state index in [1.54, 1.807) is 33.0 Å². The number of pyridine rings is 1. The van der Waals surface area contributed by atoms with Crippen LogP contribution in [0.1, 0.15) is 55.2 Å². The van der Waals surface area contributed by atoms with E-state index >= 15 is 0 Å². The maximum absolute atomic E-state index is 12.9. The molecule has 35 heavy (non-hydrogen) atoms. The normalized spacial score (nSPS) is 15.5. The van der Waals surface area contributed by atoms with Crippen LogP contribution in [-0.4, -0.2) is 58.2 Å². The van der Waals surface area contributed by atoms with Crippen LogP contribution in [0.4, 0.5) is 10.5 Å². The average molecular weight is 485 g/mol. The van der Waals surface area contributed by atoms with Crippen molar-refractivity contribution < 1.29 is 24.0 Å². The number of nitrogens with zero attached hydrogens (tertiary/aromatic N) is 3. The second-order valence-corrected chi connectivity index (χ2v) is 9.42. The van der Waals surface area contributed by atoms with E-state index in [2.05, 4.69) is 10.3 Å². The van der Waals surface area contributed by atoms with Gasteiger partial charge in [0, 0.05) is 55.2 Å². The van der Waals surface area contributed by atoms with Crippen LogP contribution >= 0.6 is 0 Å². The zero-order valence-electron chi connectivity index (χ0n) is 20.4. The SMILES string of the molecule is CC(C)(C)OC(=O)N(CCc1ccccn1)Cc1ccc(C(=O)NCC2CCCO2)cc1[N+](=O)[O-]. The highest BCUT2D eigenvalue weighted by atomic mass is 16.6. The quantitative estimate of drug-likeness (QED) is 0.423. The van der Waals surface area contributed by atoms with E-state index in [9.17, 15) is 19.7 Å². The van der Waals surface area contributed by atoms with E-state index in [-0.39, 0.29) is 30.4 Å². The van der Waals surface area contributed by atoms with Gasteiger partial charge in [-0.2, -0.15) is 0 Å². The summed E-state index contributed by atoms with van der Waals surface area (Å²) in [6.45, 7) is 6.52. The van der Waals surface area contributed by atoms with Crippen molar-refractivity contribution in [2.75, 3.05) is 19.7 Å². The number of amides is 2. The minimum Gasteiger partial charge on any atom is -0.444 e. The van der Waals surface area contributed by atoms with Gasteiger partial charge in [0.15, 0.2) is 0 Å². The molecule has 1 fully saturated rings. The summed E-state index contributed by atoms with van der Waals surface area (Å²) in [7, 11) is 0. The molecule has 1 aliphatic rings. The highest BCUT2D eigenvalue weighted by molar-refractivity contribution is 5.95. The first-order chi connectivity index (χ1) is 16.6. The van der Waals surface area contributed by atoms with Gasteiger partial charge in [-0.25, -0.2) is 4.79 Å². The van der Waals surface area contributed by atoms with Crippen LogP contribution in [0, 0.1) is 10.1 Å². The molecule has 0 aliphatic carbocycles. The summed E-state index contributed by atoms with van der Waals surface area (Å²) < 4.78 is 11.0.